The van der Waals surface area contributed by atoms with Crippen molar-refractivity contribution in [2.24, 2.45) is 7.05 Å². The van der Waals surface area contributed by atoms with Gasteiger partial charge in [-0.2, -0.15) is 0 Å². The number of benzene rings is 5. The van der Waals surface area contributed by atoms with Crippen LogP contribution in [0, 0.1) is 15.9 Å². The van der Waals surface area contributed by atoms with Gasteiger partial charge in [0.25, 0.3) is 0 Å². The maximum absolute atomic E-state index is 4.55. The number of imidazole rings is 1. The van der Waals surface area contributed by atoms with Gasteiger partial charge in [-0.15, -0.1) is 0 Å². The molecule has 222 valence electrons. The molecule has 0 fully saturated rings. The van der Waals surface area contributed by atoms with Crippen LogP contribution in [0.2, 0.25) is 0 Å². The van der Waals surface area contributed by atoms with E-state index in [1.807, 2.05) is 24.4 Å². The van der Waals surface area contributed by atoms with Crippen molar-refractivity contribution in [3.05, 3.63) is 168 Å². The van der Waals surface area contributed by atoms with Gasteiger partial charge in [-0.1, -0.05) is 6.07 Å². The minimum atomic E-state index is 0.914. The topological polar surface area (TPSA) is 26.0 Å². The van der Waals surface area contributed by atoms with Gasteiger partial charge in [0.15, 0.2) is 0 Å². The molecule has 0 N–H and O–H groups in total. The number of hydrogen-bond acceptors (Lipinski definition) is 3. The fraction of sp³-hybridized carbons (Fsp3) is 0.0256. The van der Waals surface area contributed by atoms with Crippen molar-refractivity contribution in [1.29, 1.82) is 0 Å². The van der Waals surface area contributed by atoms with E-state index >= 15 is 0 Å². The number of anilines is 3. The fourth-order valence-corrected chi connectivity index (χ4v) is 6.74. The SMILES string of the molecule is Cn1ccn(-c2[c-]c(N(c3[c-]c(Sc4ccccn4)ccc3)c3c(-c4ccccc4)cccc3-c3ccccc3)ccc2)[c]1=[Pt]. The van der Waals surface area contributed by atoms with E-state index in [0.29, 0.717) is 0 Å². The molecule has 0 bridgehead atoms. The van der Waals surface area contributed by atoms with Gasteiger partial charge in [0.1, 0.15) is 0 Å². The molecule has 0 aliphatic carbocycles. The van der Waals surface area contributed by atoms with E-state index in [9.17, 15) is 0 Å². The molecule has 4 nitrogen and oxygen atoms in total. The molecule has 0 amide bonds. The predicted octanol–water partition coefficient (Wildman–Crippen LogP) is 9.84. The van der Waals surface area contributed by atoms with E-state index < -0.39 is 0 Å². The van der Waals surface area contributed by atoms with Crippen molar-refractivity contribution >= 4 is 28.8 Å². The summed E-state index contributed by atoms with van der Waals surface area (Å²) in [5, 5.41) is 0.927. The Bertz CT molecular complexity index is 2060. The Morgan fingerprint density at radius 3 is 1.89 bits per heavy atom. The Morgan fingerprint density at radius 1 is 0.644 bits per heavy atom. The molecule has 7 aromatic rings. The summed E-state index contributed by atoms with van der Waals surface area (Å²) >= 11 is 3.96. The molecular formula is C39H28N4PtS-2. The number of aryl methyl sites for hydroxylation is 1. The quantitative estimate of drug-likeness (QED) is 0.144. The Balaban J connectivity index is 1.49. The molecule has 2 aromatic heterocycles. The van der Waals surface area contributed by atoms with Crippen LogP contribution in [-0.2, 0) is 26.4 Å². The van der Waals surface area contributed by atoms with Crippen LogP contribution in [0.4, 0.5) is 17.1 Å². The molecule has 45 heavy (non-hydrogen) atoms. The molecule has 0 unspecified atom stereocenters. The second kappa shape index (κ2) is 13.1. The molecule has 2 heterocycles. The average molecular weight is 780 g/mol. The molecule has 0 radical (unpaired) electrons. The Hall–Kier alpha value is -4.70. The van der Waals surface area contributed by atoms with Gasteiger partial charge in [0.2, 0.25) is 0 Å². The van der Waals surface area contributed by atoms with Crippen LogP contribution in [0.3, 0.4) is 0 Å². The van der Waals surface area contributed by atoms with Gasteiger partial charge in [-0.05, 0) is 6.07 Å². The first-order valence-electron chi connectivity index (χ1n) is 14.5. The summed E-state index contributed by atoms with van der Waals surface area (Å²) in [5.74, 6) is 0. The molecule has 5 aromatic carbocycles. The van der Waals surface area contributed by atoms with Crippen molar-refractivity contribution in [2.45, 2.75) is 9.92 Å². The third kappa shape index (κ3) is 6.15. The van der Waals surface area contributed by atoms with Crippen LogP contribution in [0.15, 0.2) is 162 Å². The number of aromatic nitrogens is 3. The predicted molar refractivity (Wildman–Crippen MR) is 180 cm³/mol. The number of hydrogen-bond donors (Lipinski definition) is 0. The molecule has 0 aliphatic heterocycles. The van der Waals surface area contributed by atoms with Crippen molar-refractivity contribution in [3.8, 4) is 27.9 Å². The van der Waals surface area contributed by atoms with E-state index in [1.165, 1.54) is 0 Å². The van der Waals surface area contributed by atoms with E-state index in [2.05, 4.69) is 185 Å². The monoisotopic (exact) mass is 779 g/mol. The summed E-state index contributed by atoms with van der Waals surface area (Å²) in [6.07, 6.45) is 5.96. The molecule has 0 saturated carbocycles. The first kappa shape index (κ1) is 29.0. The zero-order chi connectivity index (χ0) is 30.6. The molecule has 0 spiro atoms. The van der Waals surface area contributed by atoms with Crippen LogP contribution in [-0.4, -0.2) is 14.1 Å². The van der Waals surface area contributed by atoms with Gasteiger partial charge in [-0.3, -0.25) is 0 Å². The van der Waals surface area contributed by atoms with Crippen molar-refractivity contribution < 1.29 is 19.4 Å². The fourth-order valence-electron chi connectivity index (χ4n) is 5.34. The summed E-state index contributed by atoms with van der Waals surface area (Å²) in [6, 6.07) is 53.8. The van der Waals surface area contributed by atoms with Gasteiger partial charge < -0.3 is 0 Å². The first-order valence-corrected chi connectivity index (χ1v) is 16.5. The Kier molecular flexibility index (Phi) is 8.46. The van der Waals surface area contributed by atoms with Crippen LogP contribution in [0.5, 0.6) is 0 Å². The molecule has 7 rings (SSSR count). The third-order valence-electron chi connectivity index (χ3n) is 7.43. The van der Waals surface area contributed by atoms with Crippen LogP contribution in [0.25, 0.3) is 27.9 Å². The standard InChI is InChI=1S/C39H28N4S.Pt/c1-41-25-26-42(29-41)32-17-10-18-33(27-32)43(34-19-11-20-35(28-34)44-38-23-8-9-24-40-38)39-36(30-13-4-2-5-14-30)21-12-22-37(39)31-15-6-3-7-16-31;/h2-26H,1H3;/q-2;. The average Bonchev–Trinajstić information content (AvgIpc) is 3.44. The molecule has 6 heteroatoms. The third-order valence-corrected chi connectivity index (χ3v) is 9.69. The normalized spacial score (nSPS) is 11.0. The molecule has 0 saturated heterocycles. The number of nitrogens with zero attached hydrogens (tertiary/aromatic N) is 4. The Labute approximate surface area is 278 Å². The van der Waals surface area contributed by atoms with Crippen LogP contribution >= 0.6 is 11.8 Å². The molecular weight excluding hydrogens is 752 g/mol. The van der Waals surface area contributed by atoms with Gasteiger partial charge in [0, 0.05) is 6.20 Å². The summed E-state index contributed by atoms with van der Waals surface area (Å²) in [6.45, 7) is 0. The number of rotatable bonds is 8. The van der Waals surface area contributed by atoms with Gasteiger partial charge in [-0.25, -0.2) is 0 Å². The zero-order valence-corrected chi connectivity index (χ0v) is 27.5. The van der Waals surface area contributed by atoms with E-state index in [4.69, 9.17) is 0 Å². The van der Waals surface area contributed by atoms with E-state index in [-0.39, 0.29) is 0 Å². The summed E-state index contributed by atoms with van der Waals surface area (Å²) in [7, 11) is 2.05. The van der Waals surface area contributed by atoms with Crippen molar-refractivity contribution in [1.82, 2.24) is 14.1 Å². The minimum absolute atomic E-state index is 0.914. The first-order chi connectivity index (χ1) is 22.2. The van der Waals surface area contributed by atoms with Crippen LogP contribution in [0.1, 0.15) is 0 Å². The Morgan fingerprint density at radius 2 is 1.27 bits per heavy atom. The zero-order valence-electron chi connectivity index (χ0n) is 24.4. The van der Waals surface area contributed by atoms with E-state index in [0.717, 1.165) is 58.7 Å². The second-order valence-electron chi connectivity index (χ2n) is 10.4. The number of pyridine rings is 1. The summed E-state index contributed by atoms with van der Waals surface area (Å²) in [4.78, 5) is 7.83. The number of para-hydroxylation sites is 1. The van der Waals surface area contributed by atoms with Crippen LogP contribution < -0.4 is 4.90 Å². The second-order valence-corrected chi connectivity index (χ2v) is 12.5. The summed E-state index contributed by atoms with van der Waals surface area (Å²) in [5.41, 5.74) is 8.36. The van der Waals surface area contributed by atoms with Crippen molar-refractivity contribution in [2.75, 3.05) is 4.90 Å². The molecule has 0 atom stereocenters. The van der Waals surface area contributed by atoms with E-state index in [1.54, 1.807) is 11.8 Å². The van der Waals surface area contributed by atoms with Crippen molar-refractivity contribution in [3.63, 3.8) is 0 Å². The molecule has 0 aliphatic rings. The van der Waals surface area contributed by atoms with Gasteiger partial charge in [0.05, 0.1) is 0 Å². The maximum atomic E-state index is 4.55. The van der Waals surface area contributed by atoms with Gasteiger partial charge >= 0.3 is 262 Å². The summed E-state index contributed by atoms with van der Waals surface area (Å²) < 4.78 is 5.34.